The van der Waals surface area contributed by atoms with E-state index in [1.807, 2.05) is 62.6 Å². The molecule has 9 nitrogen and oxygen atoms in total. The maximum absolute atomic E-state index is 13.3. The summed E-state index contributed by atoms with van der Waals surface area (Å²) < 4.78 is 16.6. The number of hydrogen-bond donors (Lipinski definition) is 0. The van der Waals surface area contributed by atoms with E-state index in [0.29, 0.717) is 25.7 Å². The van der Waals surface area contributed by atoms with Crippen LogP contribution in [0.3, 0.4) is 0 Å². The van der Waals surface area contributed by atoms with Gasteiger partial charge >= 0.3 is 5.69 Å². The van der Waals surface area contributed by atoms with Crippen LogP contribution in [0, 0.1) is 6.92 Å². The Bertz CT molecular complexity index is 1850. The van der Waals surface area contributed by atoms with E-state index in [4.69, 9.17) is 9.47 Å². The quantitative estimate of drug-likeness (QED) is 0.244. The Kier molecular flexibility index (Phi) is 6.88. The number of pyridine rings is 2. The number of hydrogen-bond acceptors (Lipinski definition) is 6. The van der Waals surface area contributed by atoms with Crippen LogP contribution in [0.5, 0.6) is 5.88 Å². The van der Waals surface area contributed by atoms with Crippen LogP contribution >= 0.6 is 0 Å². The predicted octanol–water partition coefficient (Wildman–Crippen LogP) is 4.97. The highest BCUT2D eigenvalue weighted by Gasteiger charge is 2.19. The van der Waals surface area contributed by atoms with Crippen molar-refractivity contribution in [1.82, 2.24) is 28.9 Å². The van der Waals surface area contributed by atoms with Crippen LogP contribution in [0.4, 0.5) is 0 Å². The molecule has 6 aromatic rings. The van der Waals surface area contributed by atoms with Crippen molar-refractivity contribution in [3.63, 3.8) is 0 Å². The molecule has 0 aliphatic rings. The number of aromatic nitrogens is 6. The highest BCUT2D eigenvalue weighted by Crippen LogP contribution is 2.30. The molecule has 202 valence electrons. The molecule has 0 amide bonds. The van der Waals surface area contributed by atoms with Crippen molar-refractivity contribution >= 4 is 21.9 Å². The average molecular weight is 535 g/mol. The summed E-state index contributed by atoms with van der Waals surface area (Å²) in [6.07, 6.45) is 6.20. The van der Waals surface area contributed by atoms with Crippen molar-refractivity contribution < 1.29 is 9.47 Å². The summed E-state index contributed by atoms with van der Waals surface area (Å²) in [6.45, 7) is 3.65. The second kappa shape index (κ2) is 10.8. The van der Waals surface area contributed by atoms with Gasteiger partial charge in [-0.3, -0.25) is 18.8 Å². The molecule has 0 bridgehead atoms. The zero-order valence-electron chi connectivity index (χ0n) is 22.7. The van der Waals surface area contributed by atoms with Crippen molar-refractivity contribution in [3.05, 3.63) is 101 Å². The smallest absolute Gasteiger partial charge is 0.333 e. The predicted molar refractivity (Wildman–Crippen MR) is 155 cm³/mol. The first-order valence-corrected chi connectivity index (χ1v) is 13.2. The number of nitrogens with zero attached hydrogens (tertiary/aromatic N) is 6. The van der Waals surface area contributed by atoms with Gasteiger partial charge in [-0.15, -0.1) is 0 Å². The number of imidazole rings is 1. The van der Waals surface area contributed by atoms with E-state index in [2.05, 4.69) is 33.3 Å². The lowest BCUT2D eigenvalue weighted by atomic mass is 10.0. The Hall–Kier alpha value is -4.76. The van der Waals surface area contributed by atoms with E-state index >= 15 is 0 Å². The van der Waals surface area contributed by atoms with Gasteiger partial charge in [0.05, 0.1) is 53.9 Å². The van der Waals surface area contributed by atoms with Gasteiger partial charge in [-0.1, -0.05) is 36.4 Å². The molecule has 0 saturated carbocycles. The molecule has 0 radical (unpaired) electrons. The van der Waals surface area contributed by atoms with Crippen LogP contribution in [0.1, 0.15) is 17.7 Å². The summed E-state index contributed by atoms with van der Waals surface area (Å²) >= 11 is 0. The lowest BCUT2D eigenvalue weighted by molar-refractivity contribution is 0.106. The van der Waals surface area contributed by atoms with Crippen LogP contribution in [-0.4, -0.2) is 42.1 Å². The van der Waals surface area contributed by atoms with Crippen LogP contribution in [0.25, 0.3) is 38.8 Å². The molecule has 0 aliphatic carbocycles. The average Bonchev–Trinajstić information content (AvgIpc) is 3.44. The first kappa shape index (κ1) is 25.5. The summed E-state index contributed by atoms with van der Waals surface area (Å²) in [5.41, 5.74) is 6.84. The molecule has 4 heterocycles. The van der Waals surface area contributed by atoms with Crippen molar-refractivity contribution in [1.29, 1.82) is 0 Å². The second-order valence-electron chi connectivity index (χ2n) is 9.80. The van der Waals surface area contributed by atoms with Gasteiger partial charge in [0.2, 0.25) is 5.88 Å². The van der Waals surface area contributed by atoms with Crippen molar-refractivity contribution in [2.45, 2.75) is 20.0 Å². The van der Waals surface area contributed by atoms with Gasteiger partial charge in [0.1, 0.15) is 0 Å². The minimum atomic E-state index is -0.139. The van der Waals surface area contributed by atoms with Gasteiger partial charge in [0, 0.05) is 49.9 Å². The third-order valence-corrected chi connectivity index (χ3v) is 6.98. The Morgan fingerprint density at radius 3 is 2.48 bits per heavy atom. The highest BCUT2D eigenvalue weighted by atomic mass is 16.5. The van der Waals surface area contributed by atoms with Crippen molar-refractivity contribution in [2.75, 3.05) is 13.2 Å². The maximum Gasteiger partial charge on any atom is 0.333 e. The molecule has 9 heteroatoms. The van der Waals surface area contributed by atoms with E-state index in [0.717, 1.165) is 56.4 Å². The molecule has 0 N–H and O–H groups in total. The summed E-state index contributed by atoms with van der Waals surface area (Å²) in [7, 11) is 3.62. The van der Waals surface area contributed by atoms with Gasteiger partial charge in [0.25, 0.3) is 0 Å². The molecule has 0 saturated heterocycles. The lowest BCUT2D eigenvalue weighted by Gasteiger charge is -2.09. The minimum absolute atomic E-state index is 0.139. The van der Waals surface area contributed by atoms with Crippen LogP contribution in [0.15, 0.2) is 84.0 Å². The Labute approximate surface area is 231 Å². The lowest BCUT2D eigenvalue weighted by Crippen LogP contribution is -2.21. The van der Waals surface area contributed by atoms with Crippen molar-refractivity contribution in [3.8, 4) is 22.7 Å². The van der Waals surface area contributed by atoms with Gasteiger partial charge in [0.15, 0.2) is 0 Å². The zero-order chi connectivity index (χ0) is 27.6. The number of aryl methyl sites for hydroxylation is 3. The van der Waals surface area contributed by atoms with Gasteiger partial charge < -0.3 is 9.47 Å². The molecule has 0 atom stereocenters. The summed E-state index contributed by atoms with van der Waals surface area (Å²) in [5, 5.41) is 5.33. The van der Waals surface area contributed by atoms with Crippen LogP contribution in [0.2, 0.25) is 0 Å². The highest BCUT2D eigenvalue weighted by molar-refractivity contribution is 6.04. The number of benzene rings is 2. The summed E-state index contributed by atoms with van der Waals surface area (Å²) in [5.74, 6) is 0.570. The fourth-order valence-corrected chi connectivity index (χ4v) is 4.95. The standard InChI is InChI=1S/C31H30N6O3/c1-21-28(19-35(2)34-21)37-30-25-16-23(10-12-26(25)32-18-27(30)36(3)31(37)38)24-11-13-29(33-17-24)40-15-7-14-39-20-22-8-5-4-6-9-22/h4-6,8-13,16-19H,7,14-15,20H2,1-3H3. The number of rotatable bonds is 9. The van der Waals surface area contributed by atoms with Gasteiger partial charge in [-0.2, -0.15) is 5.10 Å². The third-order valence-electron chi connectivity index (χ3n) is 6.98. The van der Waals surface area contributed by atoms with E-state index < -0.39 is 0 Å². The first-order valence-electron chi connectivity index (χ1n) is 13.2. The monoisotopic (exact) mass is 534 g/mol. The summed E-state index contributed by atoms with van der Waals surface area (Å²) in [4.78, 5) is 22.5. The van der Waals surface area contributed by atoms with E-state index in [-0.39, 0.29) is 5.69 Å². The fourth-order valence-electron chi connectivity index (χ4n) is 4.95. The zero-order valence-corrected chi connectivity index (χ0v) is 22.7. The number of fused-ring (bicyclic) bond motifs is 3. The van der Waals surface area contributed by atoms with Gasteiger partial charge in [-0.25, -0.2) is 9.78 Å². The molecule has 2 aromatic carbocycles. The molecule has 4 aromatic heterocycles. The Morgan fingerprint density at radius 1 is 0.900 bits per heavy atom. The molecule has 0 unspecified atom stereocenters. The third kappa shape index (κ3) is 4.87. The maximum atomic E-state index is 13.3. The Morgan fingerprint density at radius 2 is 1.73 bits per heavy atom. The molecule has 6 rings (SSSR count). The van der Waals surface area contributed by atoms with E-state index in [1.54, 1.807) is 33.3 Å². The molecule has 0 aliphatic heterocycles. The molecular formula is C31H30N6O3. The topological polar surface area (TPSA) is 89.0 Å². The van der Waals surface area contributed by atoms with Crippen LogP contribution in [-0.2, 0) is 25.4 Å². The first-order chi connectivity index (χ1) is 19.5. The largest absolute Gasteiger partial charge is 0.478 e. The minimum Gasteiger partial charge on any atom is -0.478 e. The van der Waals surface area contributed by atoms with E-state index in [1.165, 1.54) is 0 Å². The molecule has 40 heavy (non-hydrogen) atoms. The molecule has 0 spiro atoms. The van der Waals surface area contributed by atoms with E-state index in [9.17, 15) is 4.79 Å². The SMILES string of the molecule is Cc1nn(C)cc1-n1c(=O)n(C)c2cnc3ccc(-c4ccc(OCCCOCc5ccccc5)nc4)cc3c21. The van der Waals surface area contributed by atoms with Gasteiger partial charge in [-0.05, 0) is 36.2 Å². The molecular weight excluding hydrogens is 504 g/mol. The van der Waals surface area contributed by atoms with Crippen molar-refractivity contribution in [2.24, 2.45) is 14.1 Å². The fraction of sp³-hybridized carbons (Fsp3) is 0.226. The summed E-state index contributed by atoms with van der Waals surface area (Å²) in [6, 6.07) is 20.0. The molecule has 0 fully saturated rings. The Balaban J connectivity index is 1.21. The normalized spacial score (nSPS) is 11.5. The van der Waals surface area contributed by atoms with Crippen LogP contribution < -0.4 is 10.4 Å². The second-order valence-corrected chi connectivity index (χ2v) is 9.80. The number of ether oxygens (including phenoxy) is 2.